The fourth-order valence-electron chi connectivity index (χ4n) is 1.81. The molecule has 0 atom stereocenters. The molecule has 22 heavy (non-hydrogen) atoms. The molecule has 9 heteroatoms. The van der Waals surface area contributed by atoms with E-state index in [1.165, 1.54) is 11.3 Å². The van der Waals surface area contributed by atoms with Gasteiger partial charge in [-0.3, -0.25) is 9.89 Å². The van der Waals surface area contributed by atoms with E-state index in [-0.39, 0.29) is 17.5 Å². The van der Waals surface area contributed by atoms with Crippen molar-refractivity contribution in [2.45, 2.75) is 13.5 Å². The van der Waals surface area contributed by atoms with Gasteiger partial charge in [0.25, 0.3) is 5.91 Å². The molecule has 3 aromatic heterocycles. The lowest BCUT2D eigenvalue weighted by Crippen LogP contribution is -2.24. The highest BCUT2D eigenvalue weighted by Gasteiger charge is 2.13. The smallest absolute Gasteiger partial charge is 0.270 e. The van der Waals surface area contributed by atoms with Crippen molar-refractivity contribution in [1.82, 2.24) is 30.5 Å². The number of nitrogens with zero attached hydrogens (tertiary/aromatic N) is 4. The maximum Gasteiger partial charge on any atom is 0.270 e. The Kier molecular flexibility index (Phi) is 3.79. The lowest BCUT2D eigenvalue weighted by Gasteiger charge is -2.05. The summed E-state index contributed by atoms with van der Waals surface area (Å²) >= 11 is 1.44. The molecule has 0 aliphatic rings. The summed E-state index contributed by atoms with van der Waals surface area (Å²) in [5.74, 6) is -0.304. The maximum absolute atomic E-state index is 12.2. The number of hydrogen-bond donors (Lipinski definition) is 3. The fraction of sp³-hybridized carbons (Fsp3) is 0.154. The summed E-state index contributed by atoms with van der Waals surface area (Å²) in [4.78, 5) is 24.6. The summed E-state index contributed by atoms with van der Waals surface area (Å²) in [6.07, 6.45) is 1.69. The molecule has 1 amide bonds. The number of rotatable bonds is 4. The third-order valence-electron chi connectivity index (χ3n) is 2.80. The SMILES string of the molecule is Cc1csc(-c2cc(C(=O)NCc3cc[nH]n3)nc(N)n2)n1. The third kappa shape index (κ3) is 3.09. The second kappa shape index (κ2) is 5.90. The zero-order valence-corrected chi connectivity index (χ0v) is 12.5. The van der Waals surface area contributed by atoms with Crippen molar-refractivity contribution >= 4 is 23.2 Å². The van der Waals surface area contributed by atoms with Crippen molar-refractivity contribution < 1.29 is 4.79 Å². The number of carbonyl (C=O) groups is 1. The molecule has 0 unspecified atom stereocenters. The van der Waals surface area contributed by atoms with Crippen LogP contribution in [0.2, 0.25) is 0 Å². The van der Waals surface area contributed by atoms with Crippen molar-refractivity contribution in [3.8, 4) is 10.7 Å². The van der Waals surface area contributed by atoms with Gasteiger partial charge in [0.05, 0.1) is 12.2 Å². The number of hydrogen-bond acceptors (Lipinski definition) is 7. The summed E-state index contributed by atoms with van der Waals surface area (Å²) < 4.78 is 0. The second-order valence-electron chi connectivity index (χ2n) is 4.54. The summed E-state index contributed by atoms with van der Waals surface area (Å²) in [6.45, 7) is 2.19. The van der Waals surface area contributed by atoms with Crippen LogP contribution in [-0.2, 0) is 6.54 Å². The number of anilines is 1. The minimum absolute atomic E-state index is 0.0373. The Hall–Kier alpha value is -2.81. The van der Waals surface area contributed by atoms with Gasteiger partial charge in [-0.2, -0.15) is 5.10 Å². The molecule has 0 aliphatic carbocycles. The number of nitrogens with two attached hydrogens (primary N) is 1. The zero-order chi connectivity index (χ0) is 15.5. The number of nitrogens with one attached hydrogen (secondary N) is 2. The van der Waals surface area contributed by atoms with E-state index in [1.54, 1.807) is 18.3 Å². The van der Waals surface area contributed by atoms with E-state index in [4.69, 9.17) is 5.73 Å². The zero-order valence-electron chi connectivity index (χ0n) is 11.7. The number of aromatic nitrogens is 5. The molecule has 0 bridgehead atoms. The second-order valence-corrected chi connectivity index (χ2v) is 5.40. The first-order chi connectivity index (χ1) is 10.6. The van der Waals surface area contributed by atoms with E-state index < -0.39 is 0 Å². The number of amides is 1. The minimum Gasteiger partial charge on any atom is -0.368 e. The molecule has 0 saturated carbocycles. The van der Waals surface area contributed by atoms with Crippen LogP contribution in [0, 0.1) is 6.92 Å². The lowest BCUT2D eigenvalue weighted by molar-refractivity contribution is 0.0945. The Morgan fingerprint density at radius 1 is 1.41 bits per heavy atom. The van der Waals surface area contributed by atoms with Gasteiger partial charge in [0.1, 0.15) is 16.4 Å². The molecule has 3 heterocycles. The minimum atomic E-state index is -0.341. The molecule has 0 saturated heterocycles. The summed E-state index contributed by atoms with van der Waals surface area (Å²) in [7, 11) is 0. The Labute approximate surface area is 129 Å². The van der Waals surface area contributed by atoms with Crippen molar-refractivity contribution in [3.63, 3.8) is 0 Å². The van der Waals surface area contributed by atoms with Crippen LogP contribution in [0.4, 0.5) is 5.95 Å². The number of thiazole rings is 1. The van der Waals surface area contributed by atoms with Gasteiger partial charge in [0, 0.05) is 17.3 Å². The van der Waals surface area contributed by atoms with Crippen LogP contribution < -0.4 is 11.1 Å². The van der Waals surface area contributed by atoms with Gasteiger partial charge < -0.3 is 11.1 Å². The predicted octanol–water partition coefficient (Wildman–Crippen LogP) is 1.14. The van der Waals surface area contributed by atoms with E-state index in [0.717, 1.165) is 11.4 Å². The first-order valence-electron chi connectivity index (χ1n) is 6.46. The van der Waals surface area contributed by atoms with Crippen molar-refractivity contribution in [1.29, 1.82) is 0 Å². The number of aromatic amines is 1. The third-order valence-corrected chi connectivity index (χ3v) is 3.79. The van der Waals surface area contributed by atoms with Gasteiger partial charge >= 0.3 is 0 Å². The number of aryl methyl sites for hydroxylation is 1. The highest BCUT2D eigenvalue weighted by atomic mass is 32.1. The van der Waals surface area contributed by atoms with Crippen LogP contribution in [-0.4, -0.2) is 31.1 Å². The van der Waals surface area contributed by atoms with Crippen LogP contribution >= 0.6 is 11.3 Å². The van der Waals surface area contributed by atoms with Gasteiger partial charge in [0.2, 0.25) is 5.95 Å². The van der Waals surface area contributed by atoms with Crippen molar-refractivity contribution in [3.05, 3.63) is 40.8 Å². The molecule has 0 aromatic carbocycles. The monoisotopic (exact) mass is 315 g/mol. The van der Waals surface area contributed by atoms with Crippen LogP contribution in [0.1, 0.15) is 21.9 Å². The Balaban J connectivity index is 1.81. The van der Waals surface area contributed by atoms with Crippen LogP contribution in [0.5, 0.6) is 0 Å². The van der Waals surface area contributed by atoms with Crippen LogP contribution in [0.3, 0.4) is 0 Å². The summed E-state index contributed by atoms with van der Waals surface area (Å²) in [5, 5.41) is 12.0. The van der Waals surface area contributed by atoms with Gasteiger partial charge in [-0.15, -0.1) is 11.3 Å². The topological polar surface area (TPSA) is 122 Å². The average Bonchev–Trinajstić information content (AvgIpc) is 3.15. The summed E-state index contributed by atoms with van der Waals surface area (Å²) in [5.41, 5.74) is 8.05. The number of nitrogen functional groups attached to an aromatic ring is 1. The number of carbonyl (C=O) groups excluding carboxylic acids is 1. The molecule has 0 aliphatic heterocycles. The van der Waals surface area contributed by atoms with Gasteiger partial charge in [0.15, 0.2) is 0 Å². The number of H-pyrrole nitrogens is 1. The molecule has 0 spiro atoms. The van der Waals surface area contributed by atoms with E-state index in [2.05, 4.69) is 30.5 Å². The standard InChI is InChI=1S/C13H13N7OS/c1-7-6-22-12(17-7)10-4-9(18-13(14)19-10)11(21)15-5-8-2-3-16-20-8/h2-4,6H,5H2,1H3,(H,15,21)(H,16,20)(H2,14,18,19). The largest absolute Gasteiger partial charge is 0.368 e. The van der Waals surface area contributed by atoms with Crippen molar-refractivity contribution in [2.24, 2.45) is 0 Å². The van der Waals surface area contributed by atoms with Gasteiger partial charge in [-0.25, -0.2) is 15.0 Å². The molecule has 3 aromatic rings. The molecule has 0 radical (unpaired) electrons. The molecule has 3 rings (SSSR count). The summed E-state index contributed by atoms with van der Waals surface area (Å²) in [6, 6.07) is 3.35. The van der Waals surface area contributed by atoms with Crippen LogP contribution in [0.15, 0.2) is 23.7 Å². The van der Waals surface area contributed by atoms with E-state index in [9.17, 15) is 4.79 Å². The maximum atomic E-state index is 12.2. The van der Waals surface area contributed by atoms with Crippen molar-refractivity contribution in [2.75, 3.05) is 5.73 Å². The quantitative estimate of drug-likeness (QED) is 0.663. The van der Waals surface area contributed by atoms with E-state index >= 15 is 0 Å². The highest BCUT2D eigenvalue weighted by molar-refractivity contribution is 7.13. The fourth-order valence-corrected chi connectivity index (χ4v) is 2.57. The molecule has 0 fully saturated rings. The van der Waals surface area contributed by atoms with Gasteiger partial charge in [-0.1, -0.05) is 0 Å². The molecular weight excluding hydrogens is 302 g/mol. The van der Waals surface area contributed by atoms with Gasteiger partial charge in [-0.05, 0) is 19.1 Å². The van der Waals surface area contributed by atoms with E-state index in [1.807, 2.05) is 12.3 Å². The Bertz CT molecular complexity index is 797. The Morgan fingerprint density at radius 3 is 2.95 bits per heavy atom. The average molecular weight is 315 g/mol. The van der Waals surface area contributed by atoms with Crippen LogP contribution in [0.25, 0.3) is 10.7 Å². The lowest BCUT2D eigenvalue weighted by atomic mass is 10.3. The molecule has 112 valence electrons. The highest BCUT2D eigenvalue weighted by Crippen LogP contribution is 2.22. The first-order valence-corrected chi connectivity index (χ1v) is 7.33. The first kappa shape index (κ1) is 14.1. The normalized spacial score (nSPS) is 10.6. The van der Waals surface area contributed by atoms with E-state index in [0.29, 0.717) is 17.2 Å². The molecule has 4 N–H and O–H groups in total. The molecular formula is C13H13N7OS. The Morgan fingerprint density at radius 2 is 2.27 bits per heavy atom. The predicted molar refractivity (Wildman–Crippen MR) is 82.0 cm³/mol. The molecule has 8 nitrogen and oxygen atoms in total.